The Labute approximate surface area is 125 Å². The van der Waals surface area contributed by atoms with Gasteiger partial charge in [-0.1, -0.05) is 18.6 Å². The third-order valence-electron chi connectivity index (χ3n) is 3.88. The van der Waals surface area contributed by atoms with Crippen LogP contribution in [0.15, 0.2) is 24.3 Å². The zero-order valence-corrected chi connectivity index (χ0v) is 12.3. The van der Waals surface area contributed by atoms with Gasteiger partial charge in [-0.15, -0.1) is 0 Å². The molecular formula is C16H24N2O3. The highest BCUT2D eigenvalue weighted by Gasteiger charge is 2.21. The molecule has 116 valence electrons. The van der Waals surface area contributed by atoms with Crippen molar-refractivity contribution in [3.63, 3.8) is 0 Å². The Kier molecular flexibility index (Phi) is 6.02. The van der Waals surface area contributed by atoms with E-state index >= 15 is 0 Å². The highest BCUT2D eigenvalue weighted by Crippen LogP contribution is 2.23. The third-order valence-corrected chi connectivity index (χ3v) is 3.88. The molecule has 1 unspecified atom stereocenters. The van der Waals surface area contributed by atoms with Crippen LogP contribution in [0, 0.1) is 0 Å². The number of aliphatic hydroxyl groups excluding tert-OH is 1. The van der Waals surface area contributed by atoms with Gasteiger partial charge in [-0.25, -0.2) is 0 Å². The number of nitrogens with zero attached hydrogens (tertiary/aromatic N) is 1. The average molecular weight is 292 g/mol. The Hall–Kier alpha value is -1.59. The molecule has 1 aromatic rings. The number of carbonyl (C=O) groups is 1. The molecule has 0 aliphatic carbocycles. The summed E-state index contributed by atoms with van der Waals surface area (Å²) in [7, 11) is 0. The number of hydrogen-bond acceptors (Lipinski definition) is 4. The predicted octanol–water partition coefficient (Wildman–Crippen LogP) is 1.29. The molecule has 1 aromatic carbocycles. The number of aliphatic hydroxyl groups is 1. The van der Waals surface area contributed by atoms with Crippen LogP contribution in [0.3, 0.4) is 0 Å². The Balaban J connectivity index is 1.97. The number of amides is 1. The fraction of sp³-hybridized carbons (Fsp3) is 0.562. The van der Waals surface area contributed by atoms with E-state index in [1.165, 1.54) is 12.8 Å². The molecule has 21 heavy (non-hydrogen) atoms. The van der Waals surface area contributed by atoms with E-state index in [2.05, 4.69) is 11.0 Å². The molecule has 1 aliphatic rings. The smallest absolute Gasteiger partial charge is 0.255 e. The van der Waals surface area contributed by atoms with Gasteiger partial charge in [0.25, 0.3) is 5.91 Å². The fourth-order valence-electron chi connectivity index (χ4n) is 2.87. The van der Waals surface area contributed by atoms with Gasteiger partial charge >= 0.3 is 0 Å². The summed E-state index contributed by atoms with van der Waals surface area (Å²) in [5.74, 6) is 0.196. The van der Waals surface area contributed by atoms with E-state index in [0.717, 1.165) is 31.5 Å². The van der Waals surface area contributed by atoms with Crippen molar-refractivity contribution < 1.29 is 14.6 Å². The van der Waals surface area contributed by atoms with Crippen molar-refractivity contribution in [3.05, 3.63) is 29.8 Å². The van der Waals surface area contributed by atoms with Gasteiger partial charge in [-0.2, -0.15) is 0 Å². The molecule has 1 fully saturated rings. The largest absolute Gasteiger partial charge is 0.484 e. The SMILES string of the molecule is NC(=O)COc1cccc(CN2CCCCC2CCO)c1. The molecule has 0 saturated carbocycles. The molecule has 1 saturated heterocycles. The molecule has 1 amide bonds. The van der Waals surface area contributed by atoms with Crippen LogP contribution >= 0.6 is 0 Å². The molecule has 5 heteroatoms. The van der Waals surface area contributed by atoms with Crippen LogP contribution in [0.25, 0.3) is 0 Å². The molecule has 5 nitrogen and oxygen atoms in total. The number of piperidine rings is 1. The maximum atomic E-state index is 10.8. The number of hydrogen-bond donors (Lipinski definition) is 2. The number of primary amides is 1. The summed E-state index contributed by atoms with van der Waals surface area (Å²) < 4.78 is 5.34. The maximum Gasteiger partial charge on any atom is 0.255 e. The Morgan fingerprint density at radius 3 is 3.05 bits per heavy atom. The van der Waals surface area contributed by atoms with Gasteiger partial charge in [0, 0.05) is 19.2 Å². The quantitative estimate of drug-likeness (QED) is 0.794. The lowest BCUT2D eigenvalue weighted by Gasteiger charge is -2.35. The Morgan fingerprint density at radius 2 is 2.29 bits per heavy atom. The minimum Gasteiger partial charge on any atom is -0.484 e. The predicted molar refractivity (Wildman–Crippen MR) is 80.9 cm³/mol. The first-order valence-corrected chi connectivity index (χ1v) is 7.54. The van der Waals surface area contributed by atoms with Crippen LogP contribution in [0.5, 0.6) is 5.75 Å². The maximum absolute atomic E-state index is 10.8. The lowest BCUT2D eigenvalue weighted by Crippen LogP contribution is -2.39. The highest BCUT2D eigenvalue weighted by molar-refractivity contribution is 5.75. The number of rotatable bonds is 7. The molecule has 2 rings (SSSR count). The lowest BCUT2D eigenvalue weighted by atomic mass is 9.99. The molecule has 3 N–H and O–H groups in total. The zero-order chi connectivity index (χ0) is 15.1. The topological polar surface area (TPSA) is 75.8 Å². The van der Waals surface area contributed by atoms with Crippen LogP contribution in [0.1, 0.15) is 31.2 Å². The van der Waals surface area contributed by atoms with Gasteiger partial charge in [0.2, 0.25) is 0 Å². The minimum absolute atomic E-state index is 0.0969. The van der Waals surface area contributed by atoms with Crippen LogP contribution in [-0.2, 0) is 11.3 Å². The van der Waals surface area contributed by atoms with Crippen molar-refractivity contribution in [2.75, 3.05) is 19.8 Å². The van der Waals surface area contributed by atoms with Crippen LogP contribution in [-0.4, -0.2) is 41.7 Å². The molecule has 0 bridgehead atoms. The normalized spacial score (nSPS) is 19.4. The van der Waals surface area contributed by atoms with E-state index in [9.17, 15) is 9.90 Å². The summed E-state index contributed by atoms with van der Waals surface area (Å²) in [4.78, 5) is 13.2. The first kappa shape index (κ1) is 15.8. The average Bonchev–Trinajstić information content (AvgIpc) is 2.48. The van der Waals surface area contributed by atoms with Gasteiger partial charge in [0.15, 0.2) is 6.61 Å². The first-order valence-electron chi connectivity index (χ1n) is 7.54. The third kappa shape index (κ3) is 5.02. The van der Waals surface area contributed by atoms with E-state index in [1.807, 2.05) is 18.2 Å². The van der Waals surface area contributed by atoms with Crippen molar-refractivity contribution in [2.45, 2.75) is 38.3 Å². The highest BCUT2D eigenvalue weighted by atomic mass is 16.5. The lowest BCUT2D eigenvalue weighted by molar-refractivity contribution is -0.119. The monoisotopic (exact) mass is 292 g/mol. The second-order valence-electron chi connectivity index (χ2n) is 5.53. The molecule has 0 aromatic heterocycles. The summed E-state index contributed by atoms with van der Waals surface area (Å²) >= 11 is 0. The van der Waals surface area contributed by atoms with Crippen molar-refractivity contribution in [1.29, 1.82) is 0 Å². The van der Waals surface area contributed by atoms with Gasteiger partial charge in [0.1, 0.15) is 5.75 Å². The fourth-order valence-corrected chi connectivity index (χ4v) is 2.87. The summed E-state index contributed by atoms with van der Waals surface area (Å²) in [6.07, 6.45) is 4.43. The number of benzene rings is 1. The van der Waals surface area contributed by atoms with Gasteiger partial charge < -0.3 is 15.6 Å². The molecule has 1 heterocycles. The molecule has 0 radical (unpaired) electrons. The summed E-state index contributed by atoms with van der Waals surface area (Å²) in [6, 6.07) is 8.22. The van der Waals surface area contributed by atoms with Crippen molar-refractivity contribution in [2.24, 2.45) is 5.73 Å². The first-order chi connectivity index (χ1) is 10.2. The standard InChI is InChI=1S/C16H24N2O3/c17-16(20)12-21-15-6-3-4-13(10-15)11-18-8-2-1-5-14(18)7-9-19/h3-4,6,10,14,19H,1-2,5,7-9,11-12H2,(H2,17,20). The van der Waals surface area contributed by atoms with E-state index in [4.69, 9.17) is 10.5 Å². The number of ether oxygens (including phenoxy) is 1. The van der Waals surface area contributed by atoms with E-state index in [-0.39, 0.29) is 13.2 Å². The summed E-state index contributed by atoms with van der Waals surface area (Å²) in [6.45, 7) is 2.05. The van der Waals surface area contributed by atoms with Crippen LogP contribution < -0.4 is 10.5 Å². The number of carbonyl (C=O) groups excluding carboxylic acids is 1. The van der Waals surface area contributed by atoms with Gasteiger partial charge in [0.05, 0.1) is 0 Å². The van der Waals surface area contributed by atoms with Crippen LogP contribution in [0.4, 0.5) is 0 Å². The van der Waals surface area contributed by atoms with Crippen molar-refractivity contribution >= 4 is 5.91 Å². The molecular weight excluding hydrogens is 268 g/mol. The van der Waals surface area contributed by atoms with E-state index in [0.29, 0.717) is 11.8 Å². The van der Waals surface area contributed by atoms with E-state index < -0.39 is 5.91 Å². The van der Waals surface area contributed by atoms with Crippen LogP contribution in [0.2, 0.25) is 0 Å². The van der Waals surface area contributed by atoms with Crippen molar-refractivity contribution in [3.8, 4) is 5.75 Å². The summed E-state index contributed by atoms with van der Waals surface area (Å²) in [5.41, 5.74) is 6.24. The zero-order valence-electron chi connectivity index (χ0n) is 12.3. The molecule has 1 atom stereocenters. The molecule has 1 aliphatic heterocycles. The number of nitrogens with two attached hydrogens (primary N) is 1. The minimum atomic E-state index is -0.473. The Bertz CT molecular complexity index is 463. The van der Waals surface area contributed by atoms with Gasteiger partial charge in [-0.3, -0.25) is 9.69 Å². The molecule has 0 spiro atoms. The number of likely N-dealkylation sites (tertiary alicyclic amines) is 1. The summed E-state index contributed by atoms with van der Waals surface area (Å²) in [5, 5.41) is 9.18. The van der Waals surface area contributed by atoms with E-state index in [1.54, 1.807) is 0 Å². The second-order valence-corrected chi connectivity index (χ2v) is 5.53. The Morgan fingerprint density at radius 1 is 1.43 bits per heavy atom. The van der Waals surface area contributed by atoms with Gasteiger partial charge in [-0.05, 0) is 43.5 Å². The van der Waals surface area contributed by atoms with Crippen molar-refractivity contribution in [1.82, 2.24) is 4.90 Å². The second kappa shape index (κ2) is 8.00.